The molecular weight excluding hydrogens is 385 g/mol. The highest BCUT2D eigenvalue weighted by Crippen LogP contribution is 2.38. The minimum atomic E-state index is 0.509. The van der Waals surface area contributed by atoms with E-state index in [0.717, 1.165) is 43.3 Å². The van der Waals surface area contributed by atoms with Crippen molar-refractivity contribution in [2.45, 2.75) is 0 Å². The molecule has 1 saturated heterocycles. The smallest absolute Gasteiger partial charge is 0.236 e. The fraction of sp³-hybridized carbons (Fsp3) is 0.333. The molecule has 0 amide bonds. The number of nitrogens with zero attached hydrogens (tertiary/aromatic N) is 5. The van der Waals surface area contributed by atoms with Gasteiger partial charge in [-0.15, -0.1) is 0 Å². The van der Waals surface area contributed by atoms with Crippen LogP contribution < -0.4 is 14.4 Å². The molecule has 9 heteroatoms. The van der Waals surface area contributed by atoms with Gasteiger partial charge in [-0.1, -0.05) is 21.0 Å². The van der Waals surface area contributed by atoms with Crippen LogP contribution in [0.2, 0.25) is 5.02 Å². The van der Waals surface area contributed by atoms with Gasteiger partial charge in [-0.2, -0.15) is 4.98 Å². The lowest BCUT2D eigenvalue weighted by Gasteiger charge is -2.32. The van der Waals surface area contributed by atoms with E-state index in [1.807, 2.05) is 22.9 Å². The monoisotopic (exact) mass is 405 g/mol. The van der Waals surface area contributed by atoms with E-state index in [9.17, 15) is 0 Å². The number of benzene rings is 1. The van der Waals surface area contributed by atoms with Crippen molar-refractivity contribution in [1.82, 2.24) is 19.0 Å². The third-order valence-corrected chi connectivity index (χ3v) is 5.51. The van der Waals surface area contributed by atoms with E-state index in [-0.39, 0.29) is 0 Å². The Morgan fingerprint density at radius 1 is 1.04 bits per heavy atom. The molecule has 0 radical (unpaired) electrons. The molecule has 1 aliphatic heterocycles. The molecule has 0 bridgehead atoms. The molecule has 1 unspecified atom stereocenters. The summed E-state index contributed by atoms with van der Waals surface area (Å²) in [7, 11) is 5.95. The molecule has 3 heterocycles. The molecule has 2 aromatic heterocycles. The van der Waals surface area contributed by atoms with E-state index < -0.39 is 0 Å². The molecular formula is C18H21ClN5O2P. The fourth-order valence-electron chi connectivity index (χ4n) is 3.18. The van der Waals surface area contributed by atoms with Gasteiger partial charge in [-0.3, -0.25) is 9.07 Å². The van der Waals surface area contributed by atoms with E-state index in [4.69, 9.17) is 26.1 Å². The quantitative estimate of drug-likeness (QED) is 0.622. The van der Waals surface area contributed by atoms with E-state index in [1.165, 1.54) is 0 Å². The van der Waals surface area contributed by atoms with Gasteiger partial charge in [0.1, 0.15) is 17.3 Å². The fourth-order valence-corrected chi connectivity index (χ4v) is 3.65. The zero-order chi connectivity index (χ0) is 19.0. The summed E-state index contributed by atoms with van der Waals surface area (Å²) in [5.41, 5.74) is 1.54. The first-order chi connectivity index (χ1) is 13.1. The largest absolute Gasteiger partial charge is 0.496 e. The number of hydrogen-bond donors (Lipinski definition) is 0. The van der Waals surface area contributed by atoms with E-state index in [1.54, 1.807) is 26.4 Å². The van der Waals surface area contributed by atoms with Gasteiger partial charge in [0.05, 0.1) is 24.9 Å². The van der Waals surface area contributed by atoms with Crippen molar-refractivity contribution in [3.63, 3.8) is 0 Å². The molecule has 1 atom stereocenters. The van der Waals surface area contributed by atoms with Gasteiger partial charge in [-0.05, 0) is 12.1 Å². The normalized spacial score (nSPS) is 15.3. The summed E-state index contributed by atoms with van der Waals surface area (Å²) in [6, 6.07) is 5.60. The van der Waals surface area contributed by atoms with Crippen molar-refractivity contribution in [1.29, 1.82) is 0 Å². The Kier molecular flexibility index (Phi) is 5.08. The molecule has 3 aromatic rings. The highest BCUT2D eigenvalue weighted by Gasteiger charge is 2.18. The second kappa shape index (κ2) is 7.50. The Hall–Kier alpha value is -2.08. The Balaban J connectivity index is 1.71. The first-order valence-electron chi connectivity index (χ1n) is 8.61. The van der Waals surface area contributed by atoms with Crippen LogP contribution in [0, 0.1) is 0 Å². The SMILES string of the molecule is COc1cc(OC)c(-c2cn3ccc(N4CCN(P)CC4)nc3n2)cc1Cl. The lowest BCUT2D eigenvalue weighted by Crippen LogP contribution is -2.42. The van der Waals surface area contributed by atoms with Crippen molar-refractivity contribution in [2.75, 3.05) is 45.3 Å². The molecule has 0 saturated carbocycles. The van der Waals surface area contributed by atoms with E-state index >= 15 is 0 Å². The number of hydrogen-bond acceptors (Lipinski definition) is 6. The maximum absolute atomic E-state index is 6.30. The first kappa shape index (κ1) is 18.3. The Morgan fingerprint density at radius 2 is 1.78 bits per heavy atom. The molecule has 1 aliphatic rings. The summed E-state index contributed by atoms with van der Waals surface area (Å²) in [6.07, 6.45) is 3.91. The maximum atomic E-state index is 6.30. The number of halogens is 1. The van der Waals surface area contributed by atoms with Gasteiger partial charge >= 0.3 is 0 Å². The van der Waals surface area contributed by atoms with Crippen LogP contribution in [0.5, 0.6) is 11.5 Å². The Labute approximate surface area is 165 Å². The number of aromatic nitrogens is 3. The molecule has 7 nitrogen and oxygen atoms in total. The first-order valence-corrected chi connectivity index (χ1v) is 9.50. The molecule has 27 heavy (non-hydrogen) atoms. The average molecular weight is 406 g/mol. The lowest BCUT2D eigenvalue weighted by atomic mass is 10.1. The number of ether oxygens (including phenoxy) is 2. The third-order valence-electron chi connectivity index (χ3n) is 4.70. The van der Waals surface area contributed by atoms with Gasteiger partial charge in [0.2, 0.25) is 5.78 Å². The van der Waals surface area contributed by atoms with Crippen LogP contribution in [0.3, 0.4) is 0 Å². The molecule has 1 aromatic carbocycles. The van der Waals surface area contributed by atoms with Crippen LogP contribution in [0.25, 0.3) is 17.0 Å². The van der Waals surface area contributed by atoms with Crippen molar-refractivity contribution in [3.05, 3.63) is 35.6 Å². The van der Waals surface area contributed by atoms with E-state index in [2.05, 4.69) is 23.9 Å². The molecule has 0 aliphatic carbocycles. The van der Waals surface area contributed by atoms with Gasteiger partial charge in [-0.25, -0.2) is 4.98 Å². The van der Waals surface area contributed by atoms with Crippen LogP contribution in [-0.2, 0) is 0 Å². The Morgan fingerprint density at radius 3 is 2.48 bits per heavy atom. The molecule has 4 rings (SSSR count). The molecule has 1 fully saturated rings. The summed E-state index contributed by atoms with van der Waals surface area (Å²) in [4.78, 5) is 11.7. The number of fused-ring (bicyclic) bond motifs is 1. The topological polar surface area (TPSA) is 55.1 Å². The maximum Gasteiger partial charge on any atom is 0.236 e. The van der Waals surface area contributed by atoms with Gasteiger partial charge in [0, 0.05) is 50.2 Å². The second-order valence-electron chi connectivity index (χ2n) is 6.33. The van der Waals surface area contributed by atoms with Crippen molar-refractivity contribution < 1.29 is 9.47 Å². The number of rotatable bonds is 4. The summed E-state index contributed by atoms with van der Waals surface area (Å²) in [6.45, 7) is 3.89. The van der Waals surface area contributed by atoms with Crippen molar-refractivity contribution >= 4 is 32.6 Å². The van der Waals surface area contributed by atoms with E-state index in [0.29, 0.717) is 22.3 Å². The third kappa shape index (κ3) is 3.55. The zero-order valence-corrected chi connectivity index (χ0v) is 17.1. The predicted molar refractivity (Wildman–Crippen MR) is 110 cm³/mol. The van der Waals surface area contributed by atoms with Crippen molar-refractivity contribution in [2.24, 2.45) is 0 Å². The zero-order valence-electron chi connectivity index (χ0n) is 15.2. The standard InChI is InChI=1S/C18H21ClN5O2P/c1-25-15-10-16(26-2)13(19)9-12(15)14-11-23-4-3-17(21-18(23)20-14)22-5-7-24(27)8-6-22/h3-4,9-11H,5-8,27H2,1-2H3. The van der Waals surface area contributed by atoms with Crippen LogP contribution >= 0.6 is 21.0 Å². The summed E-state index contributed by atoms with van der Waals surface area (Å²) in [5.74, 6) is 2.80. The van der Waals surface area contributed by atoms with Crippen LogP contribution in [0.15, 0.2) is 30.6 Å². The summed E-state index contributed by atoms with van der Waals surface area (Å²) < 4.78 is 14.9. The predicted octanol–water partition coefficient (Wildman–Crippen LogP) is 2.98. The molecule has 142 valence electrons. The second-order valence-corrected chi connectivity index (χ2v) is 7.47. The average Bonchev–Trinajstić information content (AvgIpc) is 3.11. The minimum Gasteiger partial charge on any atom is -0.496 e. The van der Waals surface area contributed by atoms with Gasteiger partial charge < -0.3 is 14.4 Å². The van der Waals surface area contributed by atoms with Gasteiger partial charge in [0.25, 0.3) is 0 Å². The minimum absolute atomic E-state index is 0.509. The van der Waals surface area contributed by atoms with Crippen LogP contribution in [-0.4, -0.2) is 59.4 Å². The van der Waals surface area contributed by atoms with Crippen LogP contribution in [0.4, 0.5) is 5.82 Å². The number of anilines is 1. The van der Waals surface area contributed by atoms with Crippen molar-refractivity contribution in [3.8, 4) is 22.8 Å². The highest BCUT2D eigenvalue weighted by atomic mass is 35.5. The van der Waals surface area contributed by atoms with Crippen LogP contribution in [0.1, 0.15) is 0 Å². The number of imidazole rings is 1. The number of piperazine rings is 1. The highest BCUT2D eigenvalue weighted by molar-refractivity contribution is 7.13. The summed E-state index contributed by atoms with van der Waals surface area (Å²) in [5, 5.41) is 0.509. The lowest BCUT2D eigenvalue weighted by molar-refractivity contribution is 0.395. The summed E-state index contributed by atoms with van der Waals surface area (Å²) >= 11 is 6.30. The van der Waals surface area contributed by atoms with Gasteiger partial charge in [0.15, 0.2) is 0 Å². The number of methoxy groups -OCH3 is 2. The molecule has 0 N–H and O–H groups in total. The Bertz CT molecular complexity index is 972. The molecule has 0 spiro atoms.